The zero-order valence-corrected chi connectivity index (χ0v) is 13.4. The summed E-state index contributed by atoms with van der Waals surface area (Å²) in [7, 11) is 0. The highest BCUT2D eigenvalue weighted by molar-refractivity contribution is 6.39. The fraction of sp³-hybridized carbons (Fsp3) is 0.111. The van der Waals surface area contributed by atoms with Crippen molar-refractivity contribution in [3.8, 4) is 5.75 Å². The Balaban J connectivity index is 1.93. The molecule has 0 spiro atoms. The molecule has 2 aromatic rings. The van der Waals surface area contributed by atoms with E-state index < -0.39 is 17.8 Å². The topological polar surface area (TPSA) is 88.6 Å². The summed E-state index contributed by atoms with van der Waals surface area (Å²) in [4.78, 5) is 41.5. The van der Waals surface area contributed by atoms with E-state index in [4.69, 9.17) is 4.74 Å². The van der Waals surface area contributed by atoms with Crippen LogP contribution in [0.25, 0.3) is 6.08 Å². The van der Waals surface area contributed by atoms with E-state index in [1.165, 1.54) is 18.5 Å². The van der Waals surface area contributed by atoms with Gasteiger partial charge in [0.25, 0.3) is 11.8 Å². The van der Waals surface area contributed by atoms with Crippen LogP contribution < -0.4 is 15.0 Å². The highest BCUT2D eigenvalue weighted by atomic mass is 16.5. The lowest BCUT2D eigenvalue weighted by Gasteiger charge is -2.26. The van der Waals surface area contributed by atoms with Gasteiger partial charge in [0.1, 0.15) is 11.3 Å². The van der Waals surface area contributed by atoms with Gasteiger partial charge in [0.15, 0.2) is 0 Å². The monoisotopic (exact) mass is 337 g/mol. The molecule has 4 amide bonds. The molecule has 25 heavy (non-hydrogen) atoms. The lowest BCUT2D eigenvalue weighted by molar-refractivity contribution is -0.122. The molecule has 7 nitrogen and oxygen atoms in total. The van der Waals surface area contributed by atoms with Crippen LogP contribution in [0.15, 0.2) is 54.4 Å². The fourth-order valence-electron chi connectivity index (χ4n) is 2.37. The average Bonchev–Trinajstić information content (AvgIpc) is 2.61. The van der Waals surface area contributed by atoms with E-state index >= 15 is 0 Å². The van der Waals surface area contributed by atoms with Crippen LogP contribution in [0.1, 0.15) is 12.5 Å². The van der Waals surface area contributed by atoms with E-state index in [-0.39, 0.29) is 11.3 Å². The predicted molar refractivity (Wildman–Crippen MR) is 90.8 cm³/mol. The molecule has 0 atom stereocenters. The van der Waals surface area contributed by atoms with Crippen LogP contribution in [0.4, 0.5) is 10.5 Å². The number of urea groups is 1. The first kappa shape index (κ1) is 16.4. The maximum absolute atomic E-state index is 12.6. The molecule has 3 rings (SSSR count). The quantitative estimate of drug-likeness (QED) is 0.682. The highest BCUT2D eigenvalue weighted by Crippen LogP contribution is 2.21. The van der Waals surface area contributed by atoms with Gasteiger partial charge in [-0.3, -0.25) is 19.9 Å². The van der Waals surface area contributed by atoms with Crippen LogP contribution in [-0.4, -0.2) is 29.4 Å². The summed E-state index contributed by atoms with van der Waals surface area (Å²) in [6.45, 7) is 2.43. The Hall–Kier alpha value is -3.48. The van der Waals surface area contributed by atoms with Crippen LogP contribution >= 0.6 is 0 Å². The standard InChI is InChI=1S/C18H15N3O4/c1-2-25-14-7-5-12(6-8-14)10-15-16(22)20-18(24)21(17(15)23)13-4-3-9-19-11-13/h3-11H,2H2,1H3,(H,20,22,24)/b15-10+. The minimum atomic E-state index is -0.799. The zero-order valence-electron chi connectivity index (χ0n) is 13.4. The number of benzene rings is 1. The number of anilines is 1. The molecular formula is C18H15N3O4. The lowest BCUT2D eigenvalue weighted by Crippen LogP contribution is -2.54. The predicted octanol–water partition coefficient (Wildman–Crippen LogP) is 2.15. The van der Waals surface area contributed by atoms with Crippen molar-refractivity contribution in [1.29, 1.82) is 0 Å². The average molecular weight is 337 g/mol. The van der Waals surface area contributed by atoms with Crippen molar-refractivity contribution in [2.45, 2.75) is 6.92 Å². The van der Waals surface area contributed by atoms with Gasteiger partial charge in [0, 0.05) is 6.20 Å². The summed E-state index contributed by atoms with van der Waals surface area (Å²) in [5.41, 5.74) is 0.796. The molecule has 2 heterocycles. The van der Waals surface area contributed by atoms with Gasteiger partial charge >= 0.3 is 6.03 Å². The van der Waals surface area contributed by atoms with Gasteiger partial charge in [-0.05, 0) is 42.8 Å². The van der Waals surface area contributed by atoms with Crippen molar-refractivity contribution in [2.75, 3.05) is 11.5 Å². The Kier molecular flexibility index (Phi) is 4.56. The number of carbonyl (C=O) groups excluding carboxylic acids is 3. The molecule has 0 radical (unpaired) electrons. The second-order valence-corrected chi connectivity index (χ2v) is 5.17. The number of ether oxygens (including phenoxy) is 1. The SMILES string of the molecule is CCOc1ccc(/C=C2\C(=O)NC(=O)N(c3cccnc3)C2=O)cc1. The zero-order chi connectivity index (χ0) is 17.8. The second kappa shape index (κ2) is 6.96. The van der Waals surface area contributed by atoms with Gasteiger partial charge < -0.3 is 4.74 Å². The summed E-state index contributed by atoms with van der Waals surface area (Å²) in [5.74, 6) is -0.740. The van der Waals surface area contributed by atoms with Gasteiger partial charge in [0.2, 0.25) is 0 Å². The number of pyridine rings is 1. The number of hydrogen-bond acceptors (Lipinski definition) is 5. The Morgan fingerprint density at radius 2 is 1.92 bits per heavy atom. The number of carbonyl (C=O) groups is 3. The van der Waals surface area contributed by atoms with E-state index in [2.05, 4.69) is 10.3 Å². The normalized spacial score (nSPS) is 16.1. The minimum Gasteiger partial charge on any atom is -0.494 e. The molecule has 1 N–H and O–H groups in total. The molecule has 1 fully saturated rings. The number of nitrogens with one attached hydrogen (secondary N) is 1. The van der Waals surface area contributed by atoms with Crippen LogP contribution in [0.5, 0.6) is 5.75 Å². The fourth-order valence-corrected chi connectivity index (χ4v) is 2.37. The third-order valence-corrected chi connectivity index (χ3v) is 3.51. The molecule has 126 valence electrons. The summed E-state index contributed by atoms with van der Waals surface area (Å²) in [5, 5.41) is 2.17. The summed E-state index contributed by atoms with van der Waals surface area (Å²) in [6.07, 6.45) is 4.34. The molecule has 1 aromatic carbocycles. The first-order valence-corrected chi connectivity index (χ1v) is 7.64. The Morgan fingerprint density at radius 1 is 1.16 bits per heavy atom. The summed E-state index contributed by atoms with van der Waals surface area (Å²) >= 11 is 0. The maximum atomic E-state index is 12.6. The molecule has 1 aliphatic heterocycles. The molecule has 0 unspecified atom stereocenters. The first-order valence-electron chi connectivity index (χ1n) is 7.64. The molecule has 0 bridgehead atoms. The van der Waals surface area contributed by atoms with Gasteiger partial charge in [-0.15, -0.1) is 0 Å². The lowest BCUT2D eigenvalue weighted by atomic mass is 10.1. The Morgan fingerprint density at radius 3 is 2.56 bits per heavy atom. The summed E-state index contributed by atoms with van der Waals surface area (Å²) in [6, 6.07) is 9.30. The van der Waals surface area contributed by atoms with Gasteiger partial charge in [-0.25, -0.2) is 9.69 Å². The smallest absolute Gasteiger partial charge is 0.336 e. The van der Waals surface area contributed by atoms with Gasteiger partial charge in [-0.1, -0.05) is 12.1 Å². The van der Waals surface area contributed by atoms with E-state index in [1.807, 2.05) is 6.92 Å². The van der Waals surface area contributed by atoms with Crippen molar-refractivity contribution in [3.63, 3.8) is 0 Å². The number of nitrogens with zero attached hydrogens (tertiary/aromatic N) is 2. The van der Waals surface area contributed by atoms with Crippen molar-refractivity contribution in [2.24, 2.45) is 0 Å². The maximum Gasteiger partial charge on any atom is 0.336 e. The van der Waals surface area contributed by atoms with Gasteiger partial charge in [-0.2, -0.15) is 0 Å². The van der Waals surface area contributed by atoms with Crippen molar-refractivity contribution in [3.05, 3.63) is 59.9 Å². The second-order valence-electron chi connectivity index (χ2n) is 5.17. The number of amides is 4. The Labute approximate surface area is 143 Å². The summed E-state index contributed by atoms with van der Waals surface area (Å²) < 4.78 is 5.36. The van der Waals surface area contributed by atoms with E-state index in [0.717, 1.165) is 4.90 Å². The first-order chi connectivity index (χ1) is 12.1. The van der Waals surface area contributed by atoms with E-state index in [1.54, 1.807) is 36.4 Å². The third kappa shape index (κ3) is 3.40. The molecule has 0 saturated carbocycles. The number of rotatable bonds is 4. The van der Waals surface area contributed by atoms with E-state index in [9.17, 15) is 14.4 Å². The number of barbiturate groups is 1. The molecule has 1 aliphatic rings. The highest BCUT2D eigenvalue weighted by Gasteiger charge is 2.36. The van der Waals surface area contributed by atoms with Crippen molar-refractivity contribution >= 4 is 29.6 Å². The third-order valence-electron chi connectivity index (χ3n) is 3.51. The van der Waals surface area contributed by atoms with Gasteiger partial charge in [0.05, 0.1) is 18.5 Å². The van der Waals surface area contributed by atoms with Crippen LogP contribution in [-0.2, 0) is 9.59 Å². The van der Waals surface area contributed by atoms with E-state index in [0.29, 0.717) is 17.9 Å². The molecule has 1 saturated heterocycles. The molecule has 0 aliphatic carbocycles. The molecule has 1 aromatic heterocycles. The number of hydrogen-bond donors (Lipinski definition) is 1. The number of aromatic nitrogens is 1. The largest absolute Gasteiger partial charge is 0.494 e. The van der Waals surface area contributed by atoms with Crippen LogP contribution in [0.2, 0.25) is 0 Å². The van der Waals surface area contributed by atoms with Crippen LogP contribution in [0.3, 0.4) is 0 Å². The number of imide groups is 2. The van der Waals surface area contributed by atoms with Crippen molar-refractivity contribution < 1.29 is 19.1 Å². The Bertz CT molecular complexity index is 844. The van der Waals surface area contributed by atoms with Crippen LogP contribution in [0, 0.1) is 0 Å². The minimum absolute atomic E-state index is 0.132. The molecular weight excluding hydrogens is 322 g/mol. The molecule has 7 heteroatoms. The van der Waals surface area contributed by atoms with Crippen molar-refractivity contribution in [1.82, 2.24) is 10.3 Å².